The number of benzene rings is 2. The van der Waals surface area contributed by atoms with Gasteiger partial charge in [0, 0.05) is 28.4 Å². The standard InChI is InChI=1S/C40H67N2/c1-4-5-6-7-8-9-10-11-12-13-15-18-21-28-35-42(2,3)36-29-22-19-16-14-17-20-27-34-41-39-32-25-23-30-37(39)38-31-24-26-33-40(38)41/h23-26,30-33H,4-22,27-29,34-36H2,1-3H3/q+1. The molecule has 0 unspecified atom stereocenters. The third kappa shape index (κ3) is 13.2. The number of nitrogens with zero attached hydrogens (tertiary/aromatic N) is 2. The fourth-order valence-electron chi connectivity index (χ4n) is 6.96. The Labute approximate surface area is 260 Å². The van der Waals surface area contributed by atoms with Gasteiger partial charge in [-0.05, 0) is 44.2 Å². The molecule has 0 aliphatic carbocycles. The Morgan fingerprint density at radius 3 is 1.17 bits per heavy atom. The van der Waals surface area contributed by atoms with Crippen LogP contribution < -0.4 is 0 Å². The molecule has 2 aromatic carbocycles. The van der Waals surface area contributed by atoms with Crippen LogP contribution in [-0.4, -0.2) is 36.2 Å². The second-order valence-electron chi connectivity index (χ2n) is 14.0. The number of aryl methyl sites for hydroxylation is 1. The summed E-state index contributed by atoms with van der Waals surface area (Å²) in [6, 6.07) is 17.8. The van der Waals surface area contributed by atoms with Crippen LogP contribution in [0.15, 0.2) is 48.5 Å². The zero-order valence-electron chi connectivity index (χ0n) is 28.2. The molecule has 0 aliphatic heterocycles. The Balaban J connectivity index is 1.10. The van der Waals surface area contributed by atoms with Crippen molar-refractivity contribution in [2.45, 2.75) is 155 Å². The predicted octanol–water partition coefficient (Wildman–Crippen LogP) is 12.5. The third-order valence-corrected chi connectivity index (χ3v) is 9.69. The van der Waals surface area contributed by atoms with E-state index in [1.807, 2.05) is 0 Å². The van der Waals surface area contributed by atoms with Crippen LogP contribution in [0, 0.1) is 0 Å². The summed E-state index contributed by atoms with van der Waals surface area (Å²) in [5.41, 5.74) is 2.79. The Kier molecular flexibility index (Phi) is 17.3. The lowest BCUT2D eigenvalue weighted by molar-refractivity contribution is -0.890. The first-order valence-electron chi connectivity index (χ1n) is 18.4. The number of aromatic nitrogens is 1. The molecule has 42 heavy (non-hydrogen) atoms. The minimum Gasteiger partial charge on any atom is -0.340 e. The van der Waals surface area contributed by atoms with Gasteiger partial charge in [0.1, 0.15) is 0 Å². The van der Waals surface area contributed by atoms with E-state index < -0.39 is 0 Å². The first-order chi connectivity index (χ1) is 20.6. The van der Waals surface area contributed by atoms with Gasteiger partial charge in [0.15, 0.2) is 0 Å². The van der Waals surface area contributed by atoms with E-state index >= 15 is 0 Å². The summed E-state index contributed by atoms with van der Waals surface area (Å²) in [5.74, 6) is 0. The molecule has 0 spiro atoms. The number of rotatable bonds is 26. The van der Waals surface area contributed by atoms with E-state index in [1.54, 1.807) is 0 Å². The van der Waals surface area contributed by atoms with Crippen LogP contribution in [0.2, 0.25) is 0 Å². The van der Waals surface area contributed by atoms with Crippen LogP contribution in [-0.2, 0) is 6.54 Å². The van der Waals surface area contributed by atoms with Gasteiger partial charge in [-0.1, -0.05) is 152 Å². The first-order valence-corrected chi connectivity index (χ1v) is 18.4. The molecule has 0 N–H and O–H groups in total. The summed E-state index contributed by atoms with van der Waals surface area (Å²) < 4.78 is 3.77. The molecule has 3 rings (SSSR count). The van der Waals surface area contributed by atoms with Crippen molar-refractivity contribution in [2.75, 3.05) is 27.2 Å². The molecule has 3 aromatic rings. The Hall–Kier alpha value is -1.80. The fraction of sp³-hybridized carbons (Fsp3) is 0.700. The minimum absolute atomic E-state index is 1.14. The average molecular weight is 576 g/mol. The molecule has 0 saturated carbocycles. The molecule has 0 amide bonds. The zero-order valence-corrected chi connectivity index (χ0v) is 28.2. The van der Waals surface area contributed by atoms with Gasteiger partial charge in [-0.15, -0.1) is 0 Å². The van der Waals surface area contributed by atoms with E-state index in [0.717, 1.165) is 6.54 Å². The molecule has 0 atom stereocenters. The number of unbranched alkanes of at least 4 members (excludes halogenated alkanes) is 20. The highest BCUT2D eigenvalue weighted by Gasteiger charge is 2.13. The van der Waals surface area contributed by atoms with E-state index in [1.165, 1.54) is 181 Å². The Bertz CT molecular complexity index is 1020. The monoisotopic (exact) mass is 576 g/mol. The molecule has 0 fully saturated rings. The highest BCUT2D eigenvalue weighted by Crippen LogP contribution is 2.29. The second kappa shape index (κ2) is 21.0. The molecule has 236 valence electrons. The van der Waals surface area contributed by atoms with Gasteiger partial charge in [0.05, 0.1) is 27.2 Å². The number of fused-ring (bicyclic) bond motifs is 3. The summed E-state index contributed by atoms with van der Waals surface area (Å²) in [4.78, 5) is 0. The summed E-state index contributed by atoms with van der Waals surface area (Å²) in [5, 5.41) is 2.80. The van der Waals surface area contributed by atoms with Gasteiger partial charge in [0.25, 0.3) is 0 Å². The lowest BCUT2D eigenvalue weighted by atomic mass is 10.0. The van der Waals surface area contributed by atoms with Crippen LogP contribution >= 0.6 is 0 Å². The largest absolute Gasteiger partial charge is 0.340 e. The van der Waals surface area contributed by atoms with Crippen LogP contribution in [0.25, 0.3) is 21.8 Å². The third-order valence-electron chi connectivity index (χ3n) is 9.69. The smallest absolute Gasteiger partial charge is 0.0782 e. The SMILES string of the molecule is CCCCCCCCCCCCCCCC[N+](C)(C)CCCCCCCCCCn1c2ccccc2c2ccccc21. The molecule has 0 aliphatic rings. The first kappa shape index (κ1) is 34.7. The molecule has 1 aromatic heterocycles. The van der Waals surface area contributed by atoms with Crippen molar-refractivity contribution in [1.82, 2.24) is 4.57 Å². The Morgan fingerprint density at radius 2 is 0.762 bits per heavy atom. The molecule has 2 heteroatoms. The van der Waals surface area contributed by atoms with E-state index in [9.17, 15) is 0 Å². The number of hydrogen-bond acceptors (Lipinski definition) is 0. The maximum Gasteiger partial charge on any atom is 0.0782 e. The van der Waals surface area contributed by atoms with Crippen molar-refractivity contribution in [3.05, 3.63) is 48.5 Å². The van der Waals surface area contributed by atoms with Crippen LogP contribution in [0.3, 0.4) is 0 Å². The lowest BCUT2D eigenvalue weighted by Gasteiger charge is -2.30. The van der Waals surface area contributed by atoms with Gasteiger partial charge < -0.3 is 9.05 Å². The number of hydrogen-bond donors (Lipinski definition) is 0. The van der Waals surface area contributed by atoms with Crippen molar-refractivity contribution in [1.29, 1.82) is 0 Å². The van der Waals surface area contributed by atoms with Crippen LogP contribution in [0.5, 0.6) is 0 Å². The maximum atomic E-state index is 2.55. The highest BCUT2D eigenvalue weighted by atomic mass is 15.3. The van der Waals surface area contributed by atoms with Crippen molar-refractivity contribution in [3.8, 4) is 0 Å². The quantitative estimate of drug-likeness (QED) is 0.0662. The Morgan fingerprint density at radius 1 is 0.429 bits per heavy atom. The normalized spacial score (nSPS) is 12.2. The van der Waals surface area contributed by atoms with E-state index in [-0.39, 0.29) is 0 Å². The van der Waals surface area contributed by atoms with Gasteiger partial charge >= 0.3 is 0 Å². The second-order valence-corrected chi connectivity index (χ2v) is 14.0. The van der Waals surface area contributed by atoms with Crippen molar-refractivity contribution in [3.63, 3.8) is 0 Å². The average Bonchev–Trinajstić information content (AvgIpc) is 3.32. The van der Waals surface area contributed by atoms with Crippen molar-refractivity contribution in [2.24, 2.45) is 0 Å². The van der Waals surface area contributed by atoms with Gasteiger partial charge in [0.2, 0.25) is 0 Å². The summed E-state index contributed by atoms with van der Waals surface area (Å²) in [7, 11) is 4.92. The summed E-state index contributed by atoms with van der Waals surface area (Å²) in [6.07, 6.45) is 31.4. The van der Waals surface area contributed by atoms with E-state index in [4.69, 9.17) is 0 Å². The van der Waals surface area contributed by atoms with Gasteiger partial charge in [-0.3, -0.25) is 0 Å². The maximum absolute atomic E-state index is 2.55. The lowest BCUT2D eigenvalue weighted by Crippen LogP contribution is -2.41. The number of para-hydroxylation sites is 2. The molecular formula is C40H67N2+. The topological polar surface area (TPSA) is 4.93 Å². The molecule has 1 heterocycles. The van der Waals surface area contributed by atoms with Crippen molar-refractivity contribution >= 4 is 21.8 Å². The molecular weight excluding hydrogens is 508 g/mol. The minimum atomic E-state index is 1.14. The summed E-state index contributed by atoms with van der Waals surface area (Å²) in [6.45, 7) is 6.17. The predicted molar refractivity (Wildman–Crippen MR) is 189 cm³/mol. The van der Waals surface area contributed by atoms with Crippen molar-refractivity contribution < 1.29 is 4.48 Å². The van der Waals surface area contributed by atoms with E-state index in [0.29, 0.717) is 0 Å². The van der Waals surface area contributed by atoms with Gasteiger partial charge in [-0.25, -0.2) is 0 Å². The fourth-order valence-corrected chi connectivity index (χ4v) is 6.96. The van der Waals surface area contributed by atoms with Crippen LogP contribution in [0.4, 0.5) is 0 Å². The van der Waals surface area contributed by atoms with Crippen LogP contribution in [0.1, 0.15) is 148 Å². The molecule has 0 bridgehead atoms. The molecule has 0 radical (unpaired) electrons. The number of quaternary nitrogens is 1. The van der Waals surface area contributed by atoms with Gasteiger partial charge in [-0.2, -0.15) is 0 Å². The van der Waals surface area contributed by atoms with E-state index in [2.05, 4.69) is 74.1 Å². The molecule has 2 nitrogen and oxygen atoms in total. The molecule has 0 saturated heterocycles. The highest BCUT2D eigenvalue weighted by molar-refractivity contribution is 6.07. The summed E-state index contributed by atoms with van der Waals surface area (Å²) >= 11 is 0. The zero-order chi connectivity index (χ0) is 29.7.